The summed E-state index contributed by atoms with van der Waals surface area (Å²) in [7, 11) is 5.98. The van der Waals surface area contributed by atoms with Crippen molar-refractivity contribution in [3.05, 3.63) is 0 Å². The summed E-state index contributed by atoms with van der Waals surface area (Å²) in [6.07, 6.45) is 0. The van der Waals surface area contributed by atoms with E-state index in [4.69, 9.17) is 0 Å². The highest BCUT2D eigenvalue weighted by atomic mass is 31.0. The third-order valence-corrected chi connectivity index (χ3v) is 0.684. The number of nitrogens with zero attached hydrogens (tertiary/aromatic N) is 1. The Hall–Kier alpha value is -1.09. The summed E-state index contributed by atoms with van der Waals surface area (Å²) >= 11 is 0. The molecule has 1 unspecified atom stereocenters. The smallest absolute Gasteiger partial charge is 0.0211 e. The maximum atomic E-state index is 2.74. The van der Waals surface area contributed by atoms with Crippen LogP contribution in [0.4, 0.5) is 0 Å². The lowest BCUT2D eigenvalue weighted by Crippen LogP contribution is -2.00. The molecule has 1 atom stereocenters. The first-order valence-corrected chi connectivity index (χ1v) is 3.23. The third kappa shape index (κ3) is 6.91. The van der Waals surface area contributed by atoms with Crippen LogP contribution in [0, 0.1) is 35.4 Å². The summed E-state index contributed by atoms with van der Waals surface area (Å²) in [6.45, 7) is 0. The Morgan fingerprint density at radius 2 is 1.60 bits per heavy atom. The van der Waals surface area contributed by atoms with Crippen molar-refractivity contribution in [1.82, 2.24) is 4.90 Å². The number of rotatable bonds is 0. The predicted molar refractivity (Wildman–Crippen MR) is 46.7 cm³/mol. The van der Waals surface area contributed by atoms with Crippen LogP contribution in [0.3, 0.4) is 0 Å². The highest BCUT2D eigenvalue weighted by Crippen LogP contribution is 1.67. The molecule has 0 aromatic heterocycles. The Bertz CT molecular complexity index is 259. The average molecular weight is 149 g/mol. The average Bonchev–Trinajstić information content (AvgIpc) is 1.87. The van der Waals surface area contributed by atoms with Crippen LogP contribution < -0.4 is 0 Å². The fraction of sp³-hybridized carbons (Fsp3) is 0.250. The molecule has 0 spiro atoms. The molecule has 0 rings (SSSR count). The minimum absolute atomic E-state index is 1.74. The molecule has 0 aliphatic rings. The molecule has 0 aliphatic heterocycles. The summed E-state index contributed by atoms with van der Waals surface area (Å²) in [5.74, 6) is 10.3. The van der Waals surface area contributed by atoms with Gasteiger partial charge in [-0.25, -0.2) is 0 Å². The molecule has 0 radical (unpaired) electrons. The molecule has 0 aromatic carbocycles. The van der Waals surface area contributed by atoms with Gasteiger partial charge in [-0.05, 0) is 11.8 Å². The summed E-state index contributed by atoms with van der Waals surface area (Å²) in [5, 5.41) is 0. The van der Waals surface area contributed by atoms with E-state index in [1.165, 1.54) is 0 Å². The van der Waals surface area contributed by atoms with Crippen LogP contribution in [0.15, 0.2) is 0 Å². The summed E-state index contributed by atoms with van der Waals surface area (Å²) in [4.78, 5) is 1.74. The molecule has 10 heavy (non-hydrogen) atoms. The van der Waals surface area contributed by atoms with E-state index in [1.807, 2.05) is 14.1 Å². The van der Waals surface area contributed by atoms with Gasteiger partial charge >= 0.3 is 0 Å². The lowest BCUT2D eigenvalue weighted by molar-refractivity contribution is 0.598. The molecule has 0 amide bonds. The van der Waals surface area contributed by atoms with Crippen molar-refractivity contribution < 1.29 is 0 Å². The Labute approximate surface area is 64.4 Å². The molecule has 0 saturated heterocycles. The first kappa shape index (κ1) is 8.91. The predicted octanol–water partition coefficient (Wildman–Crippen LogP) is 0.348. The molecular formula is C8H8NP. The van der Waals surface area contributed by atoms with Crippen molar-refractivity contribution in [2.45, 2.75) is 0 Å². The number of hydrogen-bond acceptors (Lipinski definition) is 1. The van der Waals surface area contributed by atoms with Crippen LogP contribution in [0.25, 0.3) is 0 Å². The zero-order valence-corrected chi connectivity index (χ0v) is 7.18. The van der Waals surface area contributed by atoms with Crippen molar-refractivity contribution in [3.8, 4) is 35.4 Å². The van der Waals surface area contributed by atoms with Gasteiger partial charge in [0.15, 0.2) is 0 Å². The van der Waals surface area contributed by atoms with E-state index in [0.29, 0.717) is 0 Å². The second-order valence-corrected chi connectivity index (χ2v) is 1.94. The van der Waals surface area contributed by atoms with Gasteiger partial charge in [0.1, 0.15) is 0 Å². The zero-order chi connectivity index (χ0) is 7.82. The Morgan fingerprint density at radius 3 is 2.10 bits per heavy atom. The lowest BCUT2D eigenvalue weighted by atomic mass is 10.6. The lowest BCUT2D eigenvalue weighted by Gasteiger charge is -1.94. The molecule has 2 heteroatoms. The van der Waals surface area contributed by atoms with E-state index in [0.717, 1.165) is 0 Å². The molecule has 0 bridgehead atoms. The second kappa shape index (κ2) is 6.04. The van der Waals surface area contributed by atoms with Gasteiger partial charge in [0.25, 0.3) is 0 Å². The zero-order valence-electron chi connectivity index (χ0n) is 6.02. The van der Waals surface area contributed by atoms with Crippen molar-refractivity contribution in [2.75, 3.05) is 14.1 Å². The molecule has 0 aromatic rings. The molecule has 0 heterocycles. The van der Waals surface area contributed by atoms with Gasteiger partial charge in [0.05, 0.1) is 0 Å². The van der Waals surface area contributed by atoms with E-state index in [-0.39, 0.29) is 0 Å². The molecule has 0 fully saturated rings. The molecular weight excluding hydrogens is 141 g/mol. The monoisotopic (exact) mass is 149 g/mol. The first-order valence-electron chi connectivity index (χ1n) is 2.66. The fourth-order valence-corrected chi connectivity index (χ4v) is 0.311. The van der Waals surface area contributed by atoms with Crippen LogP contribution in [0.5, 0.6) is 0 Å². The van der Waals surface area contributed by atoms with Crippen LogP contribution in [0.2, 0.25) is 0 Å². The van der Waals surface area contributed by atoms with Gasteiger partial charge < -0.3 is 4.90 Å². The van der Waals surface area contributed by atoms with E-state index < -0.39 is 0 Å². The Morgan fingerprint density at radius 1 is 1.00 bits per heavy atom. The maximum Gasteiger partial charge on any atom is 0.0211 e. The van der Waals surface area contributed by atoms with E-state index in [1.54, 1.807) is 4.90 Å². The van der Waals surface area contributed by atoms with E-state index >= 15 is 0 Å². The van der Waals surface area contributed by atoms with Crippen molar-refractivity contribution >= 4 is 9.24 Å². The fourth-order valence-electron chi connectivity index (χ4n) is 0.238. The van der Waals surface area contributed by atoms with Crippen LogP contribution in [-0.4, -0.2) is 19.0 Å². The number of hydrogen-bond donors (Lipinski definition) is 0. The summed E-state index contributed by atoms with van der Waals surface area (Å²) < 4.78 is 0. The highest BCUT2D eigenvalue weighted by Gasteiger charge is 1.67. The van der Waals surface area contributed by atoms with Gasteiger partial charge in [-0.1, -0.05) is 14.9 Å². The summed E-state index contributed by atoms with van der Waals surface area (Å²) in [5.41, 5.74) is 2.57. The molecule has 0 N–H and O–H groups in total. The Kier molecular flexibility index (Phi) is 5.38. The highest BCUT2D eigenvalue weighted by molar-refractivity contribution is 7.23. The second-order valence-electron chi connectivity index (χ2n) is 1.65. The largest absolute Gasteiger partial charge is 0.338 e. The van der Waals surface area contributed by atoms with Gasteiger partial charge in [-0.15, -0.1) is 0 Å². The van der Waals surface area contributed by atoms with Crippen LogP contribution in [0.1, 0.15) is 0 Å². The minimum Gasteiger partial charge on any atom is -0.338 e. The molecule has 0 aliphatic carbocycles. The quantitative estimate of drug-likeness (QED) is 0.273. The van der Waals surface area contributed by atoms with Gasteiger partial charge in [0.2, 0.25) is 0 Å². The van der Waals surface area contributed by atoms with Crippen LogP contribution in [-0.2, 0) is 0 Å². The third-order valence-electron chi connectivity index (χ3n) is 0.539. The first-order chi connectivity index (χ1) is 4.77. The van der Waals surface area contributed by atoms with Crippen LogP contribution >= 0.6 is 9.24 Å². The van der Waals surface area contributed by atoms with Crippen molar-refractivity contribution in [2.24, 2.45) is 0 Å². The van der Waals surface area contributed by atoms with Crippen molar-refractivity contribution in [1.29, 1.82) is 0 Å². The summed E-state index contributed by atoms with van der Waals surface area (Å²) in [6, 6.07) is 2.74. The Balaban J connectivity index is 3.86. The molecule has 50 valence electrons. The van der Waals surface area contributed by atoms with Gasteiger partial charge in [0, 0.05) is 32.0 Å². The van der Waals surface area contributed by atoms with Crippen molar-refractivity contribution in [3.63, 3.8) is 0 Å². The molecule has 1 nitrogen and oxygen atoms in total. The SMILES string of the molecule is CN(C)C#CC#CC#CP. The van der Waals surface area contributed by atoms with Gasteiger partial charge in [-0.3, -0.25) is 0 Å². The van der Waals surface area contributed by atoms with Gasteiger partial charge in [-0.2, -0.15) is 0 Å². The van der Waals surface area contributed by atoms with E-state index in [2.05, 4.69) is 44.6 Å². The standard InChI is InChI=1S/C8H8NP/c1-9(2)7-5-3-4-6-8-10/h10H2,1-2H3. The topological polar surface area (TPSA) is 3.24 Å². The normalized spacial score (nSPS) is 5.10. The maximum absolute atomic E-state index is 2.74. The minimum atomic E-state index is 1.74. The van der Waals surface area contributed by atoms with E-state index in [9.17, 15) is 0 Å². The molecule has 0 saturated carbocycles.